The molecule has 0 saturated heterocycles. The maximum absolute atomic E-state index is 11.5. The van der Waals surface area contributed by atoms with Gasteiger partial charge in [0.05, 0.1) is 11.9 Å². The van der Waals surface area contributed by atoms with Crippen molar-refractivity contribution in [3.05, 3.63) is 18.3 Å². The quantitative estimate of drug-likeness (QED) is 0.772. The molecule has 0 atom stereocenters. The van der Waals surface area contributed by atoms with Crippen LogP contribution in [0.2, 0.25) is 0 Å². The minimum absolute atomic E-state index is 0.00829. The number of pyridine rings is 1. The molecule has 0 aromatic carbocycles. The third-order valence-corrected chi connectivity index (χ3v) is 1.94. The van der Waals surface area contributed by atoms with Crippen molar-refractivity contribution in [1.29, 1.82) is 0 Å². The number of nitrogens with one attached hydrogen (secondary N) is 3. The van der Waals surface area contributed by atoms with E-state index in [1.54, 1.807) is 12.3 Å². The van der Waals surface area contributed by atoms with Crippen LogP contribution in [-0.4, -0.2) is 22.6 Å². The summed E-state index contributed by atoms with van der Waals surface area (Å²) in [4.78, 5) is 15.6. The van der Waals surface area contributed by atoms with E-state index in [1.807, 2.05) is 19.9 Å². The van der Waals surface area contributed by atoms with Gasteiger partial charge < -0.3 is 10.6 Å². The topological polar surface area (TPSA) is 66.1 Å². The van der Waals surface area contributed by atoms with Gasteiger partial charge in [-0.1, -0.05) is 0 Å². The van der Waals surface area contributed by atoms with E-state index >= 15 is 0 Å². The van der Waals surface area contributed by atoms with Gasteiger partial charge in [-0.25, -0.2) is 9.78 Å². The van der Waals surface area contributed by atoms with Crippen LogP contribution in [0.1, 0.15) is 34.6 Å². The molecule has 0 saturated carbocycles. The summed E-state index contributed by atoms with van der Waals surface area (Å²) in [5, 5.41) is 8.72. The highest BCUT2D eigenvalue weighted by molar-refractivity contribution is 5.88. The van der Waals surface area contributed by atoms with Gasteiger partial charge in [0.2, 0.25) is 0 Å². The van der Waals surface area contributed by atoms with E-state index < -0.39 is 0 Å². The van der Waals surface area contributed by atoms with Gasteiger partial charge in [-0.05, 0) is 46.8 Å². The van der Waals surface area contributed by atoms with Crippen molar-refractivity contribution < 1.29 is 4.79 Å². The van der Waals surface area contributed by atoms with Crippen molar-refractivity contribution in [2.24, 2.45) is 0 Å². The summed E-state index contributed by atoms with van der Waals surface area (Å²) in [5.41, 5.74) is 0.920. The van der Waals surface area contributed by atoms with Crippen LogP contribution in [0, 0.1) is 0 Å². The summed E-state index contributed by atoms with van der Waals surface area (Å²) in [6, 6.07) is 3.53. The Bertz CT molecular complexity index is 392. The fourth-order valence-electron chi connectivity index (χ4n) is 1.39. The summed E-state index contributed by atoms with van der Waals surface area (Å²) in [6.45, 7) is 10.0. The zero-order chi connectivity index (χ0) is 13.8. The molecule has 5 nitrogen and oxygen atoms in total. The van der Waals surface area contributed by atoms with Crippen LogP contribution in [0.3, 0.4) is 0 Å². The summed E-state index contributed by atoms with van der Waals surface area (Å²) < 4.78 is 0. The molecule has 3 N–H and O–H groups in total. The second-order valence-electron chi connectivity index (χ2n) is 5.56. The first-order valence-electron chi connectivity index (χ1n) is 6.08. The van der Waals surface area contributed by atoms with Gasteiger partial charge in [-0.2, -0.15) is 0 Å². The first kappa shape index (κ1) is 14.3. The highest BCUT2D eigenvalue weighted by atomic mass is 16.2. The fraction of sp³-hybridized carbons (Fsp3) is 0.538. The first-order chi connectivity index (χ1) is 8.26. The normalized spacial score (nSPS) is 11.2. The molecule has 0 spiro atoms. The zero-order valence-electron chi connectivity index (χ0n) is 11.7. The summed E-state index contributed by atoms with van der Waals surface area (Å²) >= 11 is 0. The van der Waals surface area contributed by atoms with Crippen LogP contribution < -0.4 is 16.0 Å². The molecule has 0 aliphatic heterocycles. The Morgan fingerprint density at radius 3 is 2.39 bits per heavy atom. The lowest BCUT2D eigenvalue weighted by molar-refractivity contribution is 0.250. The van der Waals surface area contributed by atoms with Crippen molar-refractivity contribution in [1.82, 2.24) is 10.3 Å². The molecule has 2 amide bonds. The Labute approximate surface area is 108 Å². The summed E-state index contributed by atoms with van der Waals surface area (Å²) in [6.07, 6.45) is 1.70. The van der Waals surface area contributed by atoms with Crippen molar-refractivity contribution in [3.63, 3.8) is 0 Å². The number of nitrogens with zero attached hydrogens (tertiary/aromatic N) is 1. The van der Waals surface area contributed by atoms with E-state index in [2.05, 4.69) is 41.7 Å². The van der Waals surface area contributed by atoms with Crippen LogP contribution in [-0.2, 0) is 0 Å². The second-order valence-corrected chi connectivity index (χ2v) is 5.56. The average molecular weight is 250 g/mol. The zero-order valence-corrected chi connectivity index (χ0v) is 11.7. The van der Waals surface area contributed by atoms with Crippen molar-refractivity contribution in [2.75, 3.05) is 10.6 Å². The number of aromatic nitrogens is 1. The molecule has 0 bridgehead atoms. The Hall–Kier alpha value is -1.78. The number of carbonyl (C=O) groups is 1. The Morgan fingerprint density at radius 2 is 1.94 bits per heavy atom. The van der Waals surface area contributed by atoms with Crippen LogP contribution in [0.25, 0.3) is 0 Å². The van der Waals surface area contributed by atoms with Crippen molar-refractivity contribution in [2.45, 2.75) is 46.2 Å². The van der Waals surface area contributed by atoms with Gasteiger partial charge in [-0.3, -0.25) is 5.32 Å². The maximum atomic E-state index is 11.5. The number of urea groups is 1. The predicted octanol–water partition coefficient (Wildman–Crippen LogP) is 2.82. The maximum Gasteiger partial charge on any atom is 0.320 e. The number of anilines is 2. The average Bonchev–Trinajstić information content (AvgIpc) is 2.17. The molecular weight excluding hydrogens is 228 g/mol. The minimum atomic E-state index is -0.242. The molecule has 0 radical (unpaired) electrons. The van der Waals surface area contributed by atoms with E-state index in [-0.39, 0.29) is 17.6 Å². The van der Waals surface area contributed by atoms with Crippen molar-refractivity contribution >= 4 is 17.5 Å². The summed E-state index contributed by atoms with van der Waals surface area (Å²) in [7, 11) is 0. The van der Waals surface area contributed by atoms with E-state index in [9.17, 15) is 4.79 Å². The van der Waals surface area contributed by atoms with Crippen LogP contribution in [0.5, 0.6) is 0 Å². The molecule has 1 rings (SSSR count). The standard InChI is InChI=1S/C13H22N4O/c1-9(2)15-12(18)16-11-7-6-10(8-14-11)17-13(3,4)5/h6-9,17H,1-5H3,(H2,14,15,16,18). The van der Waals surface area contributed by atoms with Crippen LogP contribution in [0.15, 0.2) is 18.3 Å². The molecule has 100 valence electrons. The highest BCUT2D eigenvalue weighted by Gasteiger charge is 2.09. The summed E-state index contributed by atoms with van der Waals surface area (Å²) in [5.74, 6) is 0.535. The SMILES string of the molecule is CC(C)NC(=O)Nc1ccc(NC(C)(C)C)cn1. The van der Waals surface area contributed by atoms with E-state index in [1.165, 1.54) is 0 Å². The third kappa shape index (κ3) is 5.52. The Morgan fingerprint density at radius 1 is 1.28 bits per heavy atom. The van der Waals surface area contributed by atoms with Crippen LogP contribution in [0.4, 0.5) is 16.3 Å². The number of amides is 2. The molecule has 0 aliphatic rings. The van der Waals surface area contributed by atoms with E-state index in [0.717, 1.165) is 5.69 Å². The highest BCUT2D eigenvalue weighted by Crippen LogP contribution is 2.15. The van der Waals surface area contributed by atoms with Gasteiger partial charge in [-0.15, -0.1) is 0 Å². The molecule has 1 heterocycles. The lowest BCUT2D eigenvalue weighted by Gasteiger charge is -2.21. The third-order valence-electron chi connectivity index (χ3n) is 1.94. The van der Waals surface area contributed by atoms with E-state index in [0.29, 0.717) is 5.82 Å². The second kappa shape index (κ2) is 5.71. The largest absolute Gasteiger partial charge is 0.379 e. The molecule has 5 heteroatoms. The minimum Gasteiger partial charge on any atom is -0.379 e. The lowest BCUT2D eigenvalue weighted by atomic mass is 10.1. The van der Waals surface area contributed by atoms with Gasteiger partial charge in [0.25, 0.3) is 0 Å². The monoisotopic (exact) mass is 250 g/mol. The van der Waals surface area contributed by atoms with E-state index in [4.69, 9.17) is 0 Å². The molecule has 0 aliphatic carbocycles. The number of hydrogen-bond donors (Lipinski definition) is 3. The Kier molecular flexibility index (Phi) is 4.53. The number of carbonyl (C=O) groups excluding carboxylic acids is 1. The molecular formula is C13H22N4O. The molecule has 1 aromatic rings. The van der Waals surface area contributed by atoms with Crippen molar-refractivity contribution in [3.8, 4) is 0 Å². The molecule has 0 fully saturated rings. The van der Waals surface area contributed by atoms with Gasteiger partial charge in [0, 0.05) is 11.6 Å². The lowest BCUT2D eigenvalue weighted by Crippen LogP contribution is -2.34. The van der Waals surface area contributed by atoms with Gasteiger partial charge in [0.15, 0.2) is 0 Å². The fourth-order valence-corrected chi connectivity index (χ4v) is 1.39. The molecule has 18 heavy (non-hydrogen) atoms. The first-order valence-corrected chi connectivity index (χ1v) is 6.08. The predicted molar refractivity (Wildman–Crippen MR) is 74.9 cm³/mol. The Balaban J connectivity index is 2.58. The van der Waals surface area contributed by atoms with Crippen LogP contribution >= 0.6 is 0 Å². The number of hydrogen-bond acceptors (Lipinski definition) is 3. The van der Waals surface area contributed by atoms with Gasteiger partial charge >= 0.3 is 6.03 Å². The number of rotatable bonds is 3. The molecule has 1 aromatic heterocycles. The van der Waals surface area contributed by atoms with Gasteiger partial charge in [0.1, 0.15) is 5.82 Å². The molecule has 0 unspecified atom stereocenters. The smallest absolute Gasteiger partial charge is 0.320 e.